The van der Waals surface area contributed by atoms with Gasteiger partial charge in [-0.3, -0.25) is 14.4 Å². The molecule has 0 spiro atoms. The summed E-state index contributed by atoms with van der Waals surface area (Å²) >= 11 is 0. The van der Waals surface area contributed by atoms with Crippen molar-refractivity contribution in [1.82, 2.24) is 15.5 Å². The third kappa shape index (κ3) is 7.34. The smallest absolute Gasteiger partial charge is 0.251 e. The minimum absolute atomic E-state index is 0.0696. The first-order valence-corrected chi connectivity index (χ1v) is 13.2. The van der Waals surface area contributed by atoms with Crippen LogP contribution in [0.4, 0.5) is 0 Å². The molecule has 2 aromatic carbocycles. The van der Waals surface area contributed by atoms with Crippen LogP contribution >= 0.6 is 0 Å². The van der Waals surface area contributed by atoms with Gasteiger partial charge in [-0.2, -0.15) is 0 Å². The molecular formula is C30H41N3O4. The van der Waals surface area contributed by atoms with E-state index in [1.807, 2.05) is 48.2 Å². The predicted molar refractivity (Wildman–Crippen MR) is 145 cm³/mol. The van der Waals surface area contributed by atoms with E-state index in [1.165, 1.54) is 5.56 Å². The summed E-state index contributed by atoms with van der Waals surface area (Å²) in [6.07, 6.45) is 5.27. The molecule has 3 N–H and O–H groups in total. The zero-order chi connectivity index (χ0) is 27.0. The first-order valence-electron chi connectivity index (χ1n) is 13.2. The Morgan fingerprint density at radius 2 is 1.73 bits per heavy atom. The maximum Gasteiger partial charge on any atom is 0.251 e. The van der Waals surface area contributed by atoms with E-state index in [1.54, 1.807) is 19.2 Å². The van der Waals surface area contributed by atoms with Crippen LogP contribution in [0.25, 0.3) is 0 Å². The van der Waals surface area contributed by atoms with Crippen molar-refractivity contribution in [2.24, 2.45) is 11.3 Å². The van der Waals surface area contributed by atoms with Crippen LogP contribution in [0, 0.1) is 18.3 Å². The number of nitrogens with zero attached hydrogens (tertiary/aromatic N) is 1. The van der Waals surface area contributed by atoms with Crippen LogP contribution in [0.15, 0.2) is 48.5 Å². The lowest BCUT2D eigenvalue weighted by Gasteiger charge is -2.46. The number of carbonyl (C=O) groups is 3. The number of hydrogen-bond donors (Lipinski definition) is 3. The SMILES string of the molecule is CNC=O.Cc1cccc(C(=O)NC2CCCCC2C(=O)N2CCC(c3ccc(O)cc3)C(C)(C)C2)c1. The third-order valence-corrected chi connectivity index (χ3v) is 7.63. The zero-order valence-corrected chi connectivity index (χ0v) is 22.5. The summed E-state index contributed by atoms with van der Waals surface area (Å²) in [7, 11) is 1.56. The molecule has 2 fully saturated rings. The Labute approximate surface area is 220 Å². The van der Waals surface area contributed by atoms with Crippen LogP contribution in [-0.4, -0.2) is 54.4 Å². The van der Waals surface area contributed by atoms with Crippen molar-refractivity contribution in [3.05, 3.63) is 65.2 Å². The number of phenolic OH excluding ortho intramolecular Hbond substituents is 1. The summed E-state index contributed by atoms with van der Waals surface area (Å²) in [4.78, 5) is 37.6. The zero-order valence-electron chi connectivity index (χ0n) is 22.5. The molecule has 1 saturated carbocycles. The van der Waals surface area contributed by atoms with Crippen molar-refractivity contribution in [3.63, 3.8) is 0 Å². The molecule has 2 aromatic rings. The summed E-state index contributed by atoms with van der Waals surface area (Å²) in [5.74, 6) is 0.551. The first kappa shape index (κ1) is 28.2. The molecule has 200 valence electrons. The van der Waals surface area contributed by atoms with Gasteiger partial charge in [0, 0.05) is 31.7 Å². The summed E-state index contributed by atoms with van der Waals surface area (Å²) in [6, 6.07) is 15.0. The van der Waals surface area contributed by atoms with Gasteiger partial charge in [0.2, 0.25) is 12.3 Å². The molecule has 0 radical (unpaired) electrons. The lowest BCUT2D eigenvalue weighted by molar-refractivity contribution is -0.141. The Balaban J connectivity index is 0.000000886. The minimum Gasteiger partial charge on any atom is -0.508 e. The van der Waals surface area contributed by atoms with Crippen molar-refractivity contribution < 1.29 is 19.5 Å². The lowest BCUT2D eigenvalue weighted by atomic mass is 9.70. The van der Waals surface area contributed by atoms with Crippen molar-refractivity contribution in [3.8, 4) is 5.75 Å². The molecule has 37 heavy (non-hydrogen) atoms. The molecule has 3 atom stereocenters. The van der Waals surface area contributed by atoms with Crippen molar-refractivity contribution in [1.29, 1.82) is 0 Å². The highest BCUT2D eigenvalue weighted by Crippen LogP contribution is 2.43. The van der Waals surface area contributed by atoms with Gasteiger partial charge < -0.3 is 20.6 Å². The summed E-state index contributed by atoms with van der Waals surface area (Å²) in [6.45, 7) is 7.85. The minimum atomic E-state index is -0.159. The Morgan fingerprint density at radius 1 is 1.05 bits per heavy atom. The number of nitrogens with one attached hydrogen (secondary N) is 2. The second kappa shape index (κ2) is 12.7. The maximum atomic E-state index is 13.7. The molecule has 3 amide bonds. The fourth-order valence-electron chi connectivity index (χ4n) is 5.74. The highest BCUT2D eigenvalue weighted by Gasteiger charge is 2.42. The highest BCUT2D eigenvalue weighted by atomic mass is 16.3. The van der Waals surface area contributed by atoms with Gasteiger partial charge in [0.1, 0.15) is 5.75 Å². The number of rotatable bonds is 5. The number of piperidine rings is 1. The molecule has 1 saturated heterocycles. The monoisotopic (exact) mass is 507 g/mol. The topological polar surface area (TPSA) is 98.7 Å². The van der Waals surface area contributed by atoms with E-state index >= 15 is 0 Å². The van der Waals surface area contributed by atoms with Crippen molar-refractivity contribution in [2.75, 3.05) is 20.1 Å². The highest BCUT2D eigenvalue weighted by molar-refractivity contribution is 5.95. The van der Waals surface area contributed by atoms with Gasteiger partial charge in [-0.1, -0.05) is 56.5 Å². The number of hydrogen-bond acceptors (Lipinski definition) is 4. The van der Waals surface area contributed by atoms with Gasteiger partial charge in [0.25, 0.3) is 5.91 Å². The number of likely N-dealkylation sites (tertiary alicyclic amines) is 1. The second-order valence-corrected chi connectivity index (χ2v) is 10.9. The van der Waals surface area contributed by atoms with Crippen molar-refractivity contribution in [2.45, 2.75) is 64.8 Å². The lowest BCUT2D eigenvalue weighted by Crippen LogP contribution is -2.54. The molecule has 7 nitrogen and oxygen atoms in total. The average molecular weight is 508 g/mol. The standard InChI is InChI=1S/C28H36N2O3.C2H5NO/c1-19-7-6-8-21(17-19)26(32)29-25-10-5-4-9-23(25)27(33)30-16-15-24(28(2,3)18-30)20-11-13-22(31)14-12-20;1-3-2-4/h6-8,11-14,17,23-25,31H,4-5,9-10,15-16,18H2,1-3H3,(H,29,32);2H,1H3,(H,3,4). The summed E-state index contributed by atoms with van der Waals surface area (Å²) in [5, 5.41) is 15.1. The van der Waals surface area contributed by atoms with Gasteiger partial charge in [-0.05, 0) is 67.3 Å². The fourth-order valence-corrected chi connectivity index (χ4v) is 5.74. The number of carbonyl (C=O) groups excluding carboxylic acids is 3. The van der Waals surface area contributed by atoms with E-state index in [9.17, 15) is 14.7 Å². The molecular weight excluding hydrogens is 466 g/mol. The number of benzene rings is 2. The fraction of sp³-hybridized carbons (Fsp3) is 0.500. The Morgan fingerprint density at radius 3 is 2.35 bits per heavy atom. The number of phenols is 1. The molecule has 2 aliphatic rings. The Bertz CT molecular complexity index is 1070. The Hall–Kier alpha value is -3.35. The molecule has 1 aliphatic heterocycles. The van der Waals surface area contributed by atoms with E-state index < -0.39 is 0 Å². The molecule has 7 heteroatoms. The third-order valence-electron chi connectivity index (χ3n) is 7.63. The van der Waals surface area contributed by atoms with Gasteiger partial charge >= 0.3 is 0 Å². The molecule has 0 bridgehead atoms. The van der Waals surface area contributed by atoms with E-state index in [-0.39, 0.29) is 34.9 Å². The molecule has 1 aliphatic carbocycles. The molecule has 3 unspecified atom stereocenters. The maximum absolute atomic E-state index is 13.7. The van der Waals surface area contributed by atoms with E-state index in [0.717, 1.165) is 44.2 Å². The van der Waals surface area contributed by atoms with Crippen molar-refractivity contribution >= 4 is 18.2 Å². The second-order valence-electron chi connectivity index (χ2n) is 10.9. The average Bonchev–Trinajstić information content (AvgIpc) is 2.89. The van der Waals surface area contributed by atoms with Gasteiger partial charge in [0.05, 0.1) is 5.92 Å². The first-order chi connectivity index (χ1) is 17.7. The largest absolute Gasteiger partial charge is 0.508 e. The van der Waals surface area contributed by atoms with Crippen LogP contribution in [0.5, 0.6) is 5.75 Å². The van der Waals surface area contributed by atoms with Gasteiger partial charge in [0.15, 0.2) is 0 Å². The van der Waals surface area contributed by atoms with Gasteiger partial charge in [-0.25, -0.2) is 0 Å². The normalized spacial score (nSPS) is 22.7. The predicted octanol–water partition coefficient (Wildman–Crippen LogP) is 4.39. The Kier molecular flexibility index (Phi) is 9.73. The molecule has 4 rings (SSSR count). The number of aryl methyl sites for hydroxylation is 1. The summed E-state index contributed by atoms with van der Waals surface area (Å²) in [5.41, 5.74) is 2.85. The van der Waals surface area contributed by atoms with Crippen LogP contribution in [-0.2, 0) is 9.59 Å². The van der Waals surface area contributed by atoms with E-state index in [2.05, 4.69) is 24.5 Å². The van der Waals surface area contributed by atoms with E-state index in [0.29, 0.717) is 24.4 Å². The number of aromatic hydroxyl groups is 1. The van der Waals surface area contributed by atoms with Crippen LogP contribution < -0.4 is 10.6 Å². The van der Waals surface area contributed by atoms with Crippen LogP contribution in [0.1, 0.15) is 73.4 Å². The van der Waals surface area contributed by atoms with Gasteiger partial charge in [-0.15, -0.1) is 0 Å². The van der Waals surface area contributed by atoms with Crippen LogP contribution in [0.3, 0.4) is 0 Å². The quantitative estimate of drug-likeness (QED) is 0.523. The summed E-state index contributed by atoms with van der Waals surface area (Å²) < 4.78 is 0. The molecule has 1 heterocycles. The van der Waals surface area contributed by atoms with Crippen LogP contribution in [0.2, 0.25) is 0 Å². The number of amides is 3. The van der Waals surface area contributed by atoms with E-state index in [4.69, 9.17) is 4.79 Å². The molecule has 0 aromatic heterocycles.